The number of nitrogens with two attached hydrogens (primary N) is 1. The molecule has 2 aromatic rings. The summed E-state index contributed by atoms with van der Waals surface area (Å²) < 4.78 is 0. The number of rotatable bonds is 5. The summed E-state index contributed by atoms with van der Waals surface area (Å²) in [4.78, 5) is 4.45. The predicted molar refractivity (Wildman–Crippen MR) is 71.2 cm³/mol. The number of hydrogen-bond donors (Lipinski definition) is 2. The number of fused-ring (bicyclic) bond motifs is 1. The molecule has 3 N–H and O–H groups in total. The Hall–Kier alpha value is -1.71. The van der Waals surface area contributed by atoms with Crippen molar-refractivity contribution in [3.8, 4) is 0 Å². The quantitative estimate of drug-likeness (QED) is 0.469. The monoisotopic (exact) mass is 227 g/mol. The van der Waals surface area contributed by atoms with Crippen LogP contribution in [0.2, 0.25) is 0 Å². The van der Waals surface area contributed by atoms with Gasteiger partial charge >= 0.3 is 0 Å². The molecule has 1 aromatic carbocycles. The molecule has 0 spiro atoms. The lowest BCUT2D eigenvalue weighted by Crippen LogP contribution is -2.28. The van der Waals surface area contributed by atoms with Gasteiger partial charge in [-0.3, -0.25) is 16.3 Å². The van der Waals surface area contributed by atoms with Gasteiger partial charge < -0.3 is 0 Å². The lowest BCUT2D eigenvalue weighted by atomic mass is 10.0. The fourth-order valence-corrected chi connectivity index (χ4v) is 2.00. The van der Waals surface area contributed by atoms with Crippen molar-refractivity contribution < 1.29 is 0 Å². The highest BCUT2D eigenvalue weighted by Crippen LogP contribution is 2.24. The highest BCUT2D eigenvalue weighted by Gasteiger charge is 2.13. The third-order valence-electron chi connectivity index (χ3n) is 2.90. The van der Waals surface area contributed by atoms with Crippen LogP contribution in [0, 0.1) is 0 Å². The molecule has 0 aliphatic carbocycles. The highest BCUT2D eigenvalue weighted by atomic mass is 15.2. The fourth-order valence-electron chi connectivity index (χ4n) is 2.00. The van der Waals surface area contributed by atoms with Gasteiger partial charge in [0.1, 0.15) is 0 Å². The van der Waals surface area contributed by atoms with Crippen LogP contribution < -0.4 is 11.3 Å². The van der Waals surface area contributed by atoms with E-state index < -0.39 is 0 Å². The van der Waals surface area contributed by atoms with Crippen LogP contribution in [0.3, 0.4) is 0 Å². The molecule has 3 nitrogen and oxygen atoms in total. The summed E-state index contributed by atoms with van der Waals surface area (Å²) >= 11 is 0. The van der Waals surface area contributed by atoms with Gasteiger partial charge in [0.15, 0.2) is 0 Å². The number of nitrogens with one attached hydrogen (secondary N) is 1. The van der Waals surface area contributed by atoms with Crippen molar-refractivity contribution in [1.29, 1.82) is 0 Å². The van der Waals surface area contributed by atoms with Crippen molar-refractivity contribution in [1.82, 2.24) is 10.4 Å². The summed E-state index contributed by atoms with van der Waals surface area (Å²) in [6.45, 7) is 3.73. The second kappa shape index (κ2) is 5.57. The van der Waals surface area contributed by atoms with Crippen molar-refractivity contribution in [3.63, 3.8) is 0 Å². The topological polar surface area (TPSA) is 50.9 Å². The Labute approximate surface area is 101 Å². The average molecular weight is 227 g/mol. The SMILES string of the molecule is C=CCCC(NN)c1nccc2ccccc12. The number of benzene rings is 1. The number of hydrazine groups is 1. The first-order chi connectivity index (χ1) is 8.36. The Morgan fingerprint density at radius 3 is 2.94 bits per heavy atom. The molecule has 17 heavy (non-hydrogen) atoms. The summed E-state index contributed by atoms with van der Waals surface area (Å²) in [6, 6.07) is 10.3. The van der Waals surface area contributed by atoms with E-state index >= 15 is 0 Å². The highest BCUT2D eigenvalue weighted by molar-refractivity contribution is 5.84. The van der Waals surface area contributed by atoms with Gasteiger partial charge in [0, 0.05) is 11.6 Å². The zero-order chi connectivity index (χ0) is 12.1. The summed E-state index contributed by atoms with van der Waals surface area (Å²) in [5, 5.41) is 2.35. The Morgan fingerprint density at radius 1 is 1.35 bits per heavy atom. The minimum absolute atomic E-state index is 0.0686. The number of allylic oxidation sites excluding steroid dienone is 1. The summed E-state index contributed by atoms with van der Waals surface area (Å²) in [5.41, 5.74) is 3.84. The molecule has 0 radical (unpaired) electrons. The maximum atomic E-state index is 5.61. The van der Waals surface area contributed by atoms with Crippen LogP contribution in [0.15, 0.2) is 49.2 Å². The lowest BCUT2D eigenvalue weighted by molar-refractivity contribution is 0.513. The molecule has 1 aromatic heterocycles. The molecule has 88 valence electrons. The zero-order valence-electron chi connectivity index (χ0n) is 9.76. The Morgan fingerprint density at radius 2 is 2.18 bits per heavy atom. The van der Waals surface area contributed by atoms with Crippen molar-refractivity contribution in [2.24, 2.45) is 5.84 Å². The number of nitrogens with zero attached hydrogens (tertiary/aromatic N) is 1. The first-order valence-electron chi connectivity index (χ1n) is 5.77. The van der Waals surface area contributed by atoms with Gasteiger partial charge in [-0.05, 0) is 24.3 Å². The summed E-state index contributed by atoms with van der Waals surface area (Å²) in [6.07, 6.45) is 5.55. The molecule has 0 saturated heterocycles. The minimum Gasteiger partial charge on any atom is -0.271 e. The Kier molecular flexibility index (Phi) is 3.85. The Bertz CT molecular complexity index is 502. The normalized spacial score (nSPS) is 12.5. The summed E-state index contributed by atoms with van der Waals surface area (Å²) in [5.74, 6) is 5.61. The van der Waals surface area contributed by atoms with Gasteiger partial charge in [-0.15, -0.1) is 6.58 Å². The van der Waals surface area contributed by atoms with Gasteiger partial charge in [0.05, 0.1) is 11.7 Å². The maximum Gasteiger partial charge on any atom is 0.0664 e. The molecule has 0 saturated carbocycles. The van der Waals surface area contributed by atoms with E-state index in [9.17, 15) is 0 Å². The van der Waals surface area contributed by atoms with E-state index in [0.717, 1.165) is 23.9 Å². The van der Waals surface area contributed by atoms with Crippen LogP contribution in [-0.4, -0.2) is 4.98 Å². The summed E-state index contributed by atoms with van der Waals surface area (Å²) in [7, 11) is 0. The smallest absolute Gasteiger partial charge is 0.0664 e. The van der Waals surface area contributed by atoms with E-state index in [1.54, 1.807) is 0 Å². The van der Waals surface area contributed by atoms with E-state index in [4.69, 9.17) is 5.84 Å². The average Bonchev–Trinajstić information content (AvgIpc) is 2.40. The molecule has 0 aliphatic heterocycles. The fraction of sp³-hybridized carbons (Fsp3) is 0.214. The molecular weight excluding hydrogens is 210 g/mol. The van der Waals surface area contributed by atoms with Crippen LogP contribution in [-0.2, 0) is 0 Å². The molecule has 0 amide bonds. The van der Waals surface area contributed by atoms with Crippen LogP contribution in [0.5, 0.6) is 0 Å². The molecule has 3 heteroatoms. The van der Waals surface area contributed by atoms with E-state index in [1.165, 1.54) is 5.39 Å². The van der Waals surface area contributed by atoms with Crippen molar-refractivity contribution in [2.45, 2.75) is 18.9 Å². The van der Waals surface area contributed by atoms with Gasteiger partial charge in [0.25, 0.3) is 0 Å². The molecule has 0 bridgehead atoms. The van der Waals surface area contributed by atoms with E-state index in [1.807, 2.05) is 30.5 Å². The minimum atomic E-state index is 0.0686. The van der Waals surface area contributed by atoms with Crippen LogP contribution in [0.1, 0.15) is 24.6 Å². The lowest BCUT2D eigenvalue weighted by Gasteiger charge is -2.16. The molecule has 1 atom stereocenters. The number of pyridine rings is 1. The Balaban J connectivity index is 2.42. The molecule has 2 rings (SSSR count). The van der Waals surface area contributed by atoms with Gasteiger partial charge in [-0.1, -0.05) is 30.3 Å². The van der Waals surface area contributed by atoms with Crippen LogP contribution in [0.4, 0.5) is 0 Å². The third-order valence-corrected chi connectivity index (χ3v) is 2.90. The van der Waals surface area contributed by atoms with Gasteiger partial charge in [0.2, 0.25) is 0 Å². The van der Waals surface area contributed by atoms with E-state index in [2.05, 4.69) is 29.1 Å². The maximum absolute atomic E-state index is 5.61. The molecule has 0 aliphatic rings. The number of aromatic nitrogens is 1. The van der Waals surface area contributed by atoms with Gasteiger partial charge in [-0.2, -0.15) is 0 Å². The second-order valence-electron chi connectivity index (χ2n) is 4.00. The van der Waals surface area contributed by atoms with Crippen molar-refractivity contribution in [2.75, 3.05) is 0 Å². The van der Waals surface area contributed by atoms with Crippen LogP contribution in [0.25, 0.3) is 10.8 Å². The van der Waals surface area contributed by atoms with Crippen molar-refractivity contribution in [3.05, 3.63) is 54.9 Å². The van der Waals surface area contributed by atoms with Gasteiger partial charge in [-0.25, -0.2) is 0 Å². The molecule has 1 heterocycles. The zero-order valence-corrected chi connectivity index (χ0v) is 9.76. The number of hydrogen-bond acceptors (Lipinski definition) is 3. The molecular formula is C14H17N3. The first-order valence-corrected chi connectivity index (χ1v) is 5.77. The third kappa shape index (κ3) is 2.52. The van der Waals surface area contributed by atoms with E-state index in [0.29, 0.717) is 0 Å². The standard InChI is InChI=1S/C14H17N3/c1-2-3-8-13(17-15)14-12-7-5-4-6-11(12)9-10-16-14/h2,4-7,9-10,13,17H,1,3,8,15H2. The molecule has 1 unspecified atom stereocenters. The van der Waals surface area contributed by atoms with Crippen LogP contribution >= 0.6 is 0 Å². The van der Waals surface area contributed by atoms with Crippen molar-refractivity contribution >= 4 is 10.8 Å². The first kappa shape index (κ1) is 11.8. The van der Waals surface area contributed by atoms with E-state index in [-0.39, 0.29) is 6.04 Å². The molecule has 0 fully saturated rings. The largest absolute Gasteiger partial charge is 0.271 e. The predicted octanol–water partition coefficient (Wildman–Crippen LogP) is 2.71. The second-order valence-corrected chi connectivity index (χ2v) is 4.00.